The summed E-state index contributed by atoms with van der Waals surface area (Å²) in [4.78, 5) is 12.1. The fourth-order valence-electron chi connectivity index (χ4n) is 1.95. The van der Waals surface area contributed by atoms with Gasteiger partial charge in [0.05, 0.1) is 7.11 Å². The molecule has 0 aliphatic heterocycles. The van der Waals surface area contributed by atoms with Crippen LogP contribution >= 0.6 is 0 Å². The van der Waals surface area contributed by atoms with Gasteiger partial charge < -0.3 is 15.4 Å². The first kappa shape index (κ1) is 14.9. The minimum atomic E-state index is -0.101. The van der Waals surface area contributed by atoms with Gasteiger partial charge in [-0.05, 0) is 37.3 Å². The lowest BCUT2D eigenvalue weighted by Gasteiger charge is -2.16. The maximum absolute atomic E-state index is 12.1. The number of para-hydroxylation sites is 1. The largest absolute Gasteiger partial charge is 0.497 e. The van der Waals surface area contributed by atoms with Gasteiger partial charge in [0.1, 0.15) is 5.75 Å². The summed E-state index contributed by atoms with van der Waals surface area (Å²) in [7, 11) is 1.59. The van der Waals surface area contributed by atoms with E-state index in [9.17, 15) is 4.79 Å². The Labute approximate surface area is 125 Å². The molecule has 0 radical (unpaired) electrons. The van der Waals surface area contributed by atoms with Crippen LogP contribution in [0.2, 0.25) is 0 Å². The second-order valence-corrected chi connectivity index (χ2v) is 4.85. The first-order chi connectivity index (χ1) is 10.2. The molecule has 110 valence electrons. The van der Waals surface area contributed by atoms with Crippen molar-refractivity contribution in [2.75, 3.05) is 19.0 Å². The van der Waals surface area contributed by atoms with E-state index >= 15 is 0 Å². The first-order valence-electron chi connectivity index (χ1n) is 6.93. The van der Waals surface area contributed by atoms with E-state index in [4.69, 9.17) is 4.74 Å². The zero-order valence-electron chi connectivity index (χ0n) is 12.3. The predicted molar refractivity (Wildman–Crippen MR) is 84.9 cm³/mol. The third-order valence-electron chi connectivity index (χ3n) is 3.10. The van der Waals surface area contributed by atoms with E-state index in [2.05, 4.69) is 10.6 Å². The van der Waals surface area contributed by atoms with Gasteiger partial charge in [-0.2, -0.15) is 0 Å². The van der Waals surface area contributed by atoms with Crippen LogP contribution in [-0.4, -0.2) is 25.6 Å². The Bertz CT molecular complexity index is 584. The summed E-state index contributed by atoms with van der Waals surface area (Å²) >= 11 is 0. The number of benzene rings is 2. The second kappa shape index (κ2) is 7.33. The van der Waals surface area contributed by atoms with Crippen LogP contribution in [0, 0.1) is 0 Å². The maximum Gasteiger partial charge on any atom is 0.251 e. The van der Waals surface area contributed by atoms with E-state index in [1.54, 1.807) is 25.3 Å². The highest BCUT2D eigenvalue weighted by atomic mass is 16.5. The van der Waals surface area contributed by atoms with Crippen molar-refractivity contribution in [1.29, 1.82) is 0 Å². The fourth-order valence-corrected chi connectivity index (χ4v) is 1.95. The zero-order chi connectivity index (χ0) is 15.1. The molecule has 2 aromatic rings. The quantitative estimate of drug-likeness (QED) is 0.857. The molecule has 0 aromatic heterocycles. The predicted octanol–water partition coefficient (Wildman–Crippen LogP) is 2.93. The van der Waals surface area contributed by atoms with Crippen LogP contribution in [0.5, 0.6) is 5.75 Å². The molecule has 2 N–H and O–H groups in total. The number of anilines is 1. The van der Waals surface area contributed by atoms with Gasteiger partial charge in [-0.25, -0.2) is 0 Å². The molecule has 2 aromatic carbocycles. The Balaban J connectivity index is 1.87. The number of rotatable bonds is 6. The molecule has 1 atom stereocenters. The summed E-state index contributed by atoms with van der Waals surface area (Å²) in [6.07, 6.45) is 0. The van der Waals surface area contributed by atoms with Gasteiger partial charge in [0.15, 0.2) is 0 Å². The van der Waals surface area contributed by atoms with E-state index in [-0.39, 0.29) is 11.9 Å². The van der Waals surface area contributed by atoms with Gasteiger partial charge in [-0.3, -0.25) is 4.79 Å². The van der Waals surface area contributed by atoms with E-state index in [0.29, 0.717) is 17.9 Å². The lowest BCUT2D eigenvalue weighted by Crippen LogP contribution is -2.37. The van der Waals surface area contributed by atoms with Crippen LogP contribution in [0.4, 0.5) is 5.69 Å². The van der Waals surface area contributed by atoms with Crippen LogP contribution < -0.4 is 15.4 Å². The Hall–Kier alpha value is -2.49. The molecule has 0 aliphatic carbocycles. The SMILES string of the molecule is COc1cccc(C(=O)NC(C)CNc2ccccc2)c1. The molecule has 0 saturated heterocycles. The average Bonchev–Trinajstić information content (AvgIpc) is 2.54. The molecule has 0 spiro atoms. The van der Waals surface area contributed by atoms with Crippen molar-refractivity contribution in [3.63, 3.8) is 0 Å². The minimum absolute atomic E-state index is 0.0175. The van der Waals surface area contributed by atoms with Crippen molar-refractivity contribution in [2.45, 2.75) is 13.0 Å². The molecule has 1 unspecified atom stereocenters. The number of hydrogen-bond donors (Lipinski definition) is 2. The number of carbonyl (C=O) groups excluding carboxylic acids is 1. The standard InChI is InChI=1S/C17H20N2O2/c1-13(12-18-15-8-4-3-5-9-15)19-17(20)14-7-6-10-16(11-14)21-2/h3-11,13,18H,12H2,1-2H3,(H,19,20). The third-order valence-corrected chi connectivity index (χ3v) is 3.10. The minimum Gasteiger partial charge on any atom is -0.497 e. The van der Waals surface area contributed by atoms with Crippen LogP contribution in [0.25, 0.3) is 0 Å². The van der Waals surface area contributed by atoms with Gasteiger partial charge in [0, 0.05) is 23.8 Å². The molecule has 0 saturated carbocycles. The van der Waals surface area contributed by atoms with Crippen LogP contribution in [0.3, 0.4) is 0 Å². The highest BCUT2D eigenvalue weighted by Crippen LogP contribution is 2.12. The highest BCUT2D eigenvalue weighted by Gasteiger charge is 2.10. The molecule has 0 bridgehead atoms. The average molecular weight is 284 g/mol. The molecule has 4 nitrogen and oxygen atoms in total. The number of hydrogen-bond acceptors (Lipinski definition) is 3. The zero-order valence-corrected chi connectivity index (χ0v) is 12.3. The summed E-state index contributed by atoms with van der Waals surface area (Å²) < 4.78 is 5.12. The molecular formula is C17H20N2O2. The van der Waals surface area contributed by atoms with Crippen LogP contribution in [0.1, 0.15) is 17.3 Å². The Morgan fingerprint density at radius 3 is 2.62 bits per heavy atom. The molecule has 2 rings (SSSR count). The normalized spacial score (nSPS) is 11.5. The van der Waals surface area contributed by atoms with Crippen molar-refractivity contribution in [3.05, 3.63) is 60.2 Å². The van der Waals surface area contributed by atoms with Crippen molar-refractivity contribution < 1.29 is 9.53 Å². The summed E-state index contributed by atoms with van der Waals surface area (Å²) in [6.45, 7) is 2.63. The Morgan fingerprint density at radius 2 is 1.90 bits per heavy atom. The second-order valence-electron chi connectivity index (χ2n) is 4.85. The van der Waals surface area contributed by atoms with E-state index in [0.717, 1.165) is 5.69 Å². The monoisotopic (exact) mass is 284 g/mol. The van der Waals surface area contributed by atoms with E-state index in [1.165, 1.54) is 0 Å². The van der Waals surface area contributed by atoms with Crippen molar-refractivity contribution >= 4 is 11.6 Å². The summed E-state index contributed by atoms with van der Waals surface area (Å²) in [5, 5.41) is 6.25. The van der Waals surface area contributed by atoms with E-state index < -0.39 is 0 Å². The summed E-state index contributed by atoms with van der Waals surface area (Å²) in [5.41, 5.74) is 1.64. The van der Waals surface area contributed by atoms with Crippen molar-refractivity contribution in [1.82, 2.24) is 5.32 Å². The van der Waals surface area contributed by atoms with Gasteiger partial charge in [0.2, 0.25) is 0 Å². The topological polar surface area (TPSA) is 50.4 Å². The van der Waals surface area contributed by atoms with Gasteiger partial charge in [-0.15, -0.1) is 0 Å². The fraction of sp³-hybridized carbons (Fsp3) is 0.235. The van der Waals surface area contributed by atoms with Crippen LogP contribution in [0.15, 0.2) is 54.6 Å². The molecule has 0 fully saturated rings. The maximum atomic E-state index is 12.1. The third kappa shape index (κ3) is 4.53. The summed E-state index contributed by atoms with van der Waals surface area (Å²) in [5.74, 6) is 0.578. The molecule has 0 heterocycles. The summed E-state index contributed by atoms with van der Waals surface area (Å²) in [6, 6.07) is 17.1. The van der Waals surface area contributed by atoms with Gasteiger partial charge >= 0.3 is 0 Å². The number of amides is 1. The van der Waals surface area contributed by atoms with Crippen LogP contribution in [-0.2, 0) is 0 Å². The van der Waals surface area contributed by atoms with Gasteiger partial charge in [-0.1, -0.05) is 24.3 Å². The number of nitrogens with one attached hydrogen (secondary N) is 2. The lowest BCUT2D eigenvalue weighted by molar-refractivity contribution is 0.0941. The first-order valence-corrected chi connectivity index (χ1v) is 6.93. The van der Waals surface area contributed by atoms with E-state index in [1.807, 2.05) is 43.3 Å². The number of methoxy groups -OCH3 is 1. The van der Waals surface area contributed by atoms with Crippen molar-refractivity contribution in [3.8, 4) is 5.75 Å². The smallest absolute Gasteiger partial charge is 0.251 e. The van der Waals surface area contributed by atoms with Gasteiger partial charge in [0.25, 0.3) is 5.91 Å². The lowest BCUT2D eigenvalue weighted by atomic mass is 10.2. The Kier molecular flexibility index (Phi) is 5.21. The molecule has 4 heteroatoms. The molecule has 21 heavy (non-hydrogen) atoms. The highest BCUT2D eigenvalue weighted by molar-refractivity contribution is 5.94. The Morgan fingerprint density at radius 1 is 1.14 bits per heavy atom. The molecule has 1 amide bonds. The number of ether oxygens (including phenoxy) is 1. The molecule has 0 aliphatic rings. The van der Waals surface area contributed by atoms with Crippen molar-refractivity contribution in [2.24, 2.45) is 0 Å². The number of carbonyl (C=O) groups is 1. The molecular weight excluding hydrogens is 264 g/mol.